The zero-order chi connectivity index (χ0) is 19.4. The normalized spacial score (nSPS) is 11.0. The molecular formula is C20H22ClN5O. The highest BCUT2D eigenvalue weighted by molar-refractivity contribution is 6.30. The van der Waals surface area contributed by atoms with Crippen molar-refractivity contribution in [3.05, 3.63) is 76.3 Å². The zero-order valence-electron chi connectivity index (χ0n) is 15.6. The Hall–Kier alpha value is -2.70. The number of carbonyl (C=O) groups excluding carboxylic acids is 1. The summed E-state index contributed by atoms with van der Waals surface area (Å²) in [6.07, 6.45) is 0. The Morgan fingerprint density at radius 1 is 1.11 bits per heavy atom. The average Bonchev–Trinajstić information content (AvgIpc) is 3.03. The summed E-state index contributed by atoms with van der Waals surface area (Å²) in [5.74, 6) is 0.480. The van der Waals surface area contributed by atoms with Crippen molar-refractivity contribution in [1.29, 1.82) is 0 Å². The second kappa shape index (κ2) is 8.33. The Balaban J connectivity index is 1.73. The monoisotopic (exact) mass is 383 g/mol. The first-order chi connectivity index (χ1) is 12.9. The smallest absolute Gasteiger partial charge is 0.291 e. The van der Waals surface area contributed by atoms with E-state index in [1.807, 2.05) is 51.4 Å². The molecule has 0 fully saturated rings. The van der Waals surface area contributed by atoms with Crippen molar-refractivity contribution in [3.8, 4) is 5.69 Å². The van der Waals surface area contributed by atoms with E-state index < -0.39 is 0 Å². The number of hydrogen-bond acceptors (Lipinski definition) is 4. The summed E-state index contributed by atoms with van der Waals surface area (Å²) in [5.41, 5.74) is 3.06. The van der Waals surface area contributed by atoms with Crippen molar-refractivity contribution >= 4 is 17.5 Å². The van der Waals surface area contributed by atoms with Gasteiger partial charge in [0.15, 0.2) is 0 Å². The average molecular weight is 384 g/mol. The lowest BCUT2D eigenvalue weighted by Crippen LogP contribution is -2.25. The van der Waals surface area contributed by atoms with Crippen molar-refractivity contribution in [1.82, 2.24) is 25.0 Å². The summed E-state index contributed by atoms with van der Waals surface area (Å²) in [6.45, 7) is 3.05. The van der Waals surface area contributed by atoms with Gasteiger partial charge in [-0.15, -0.1) is 5.10 Å². The van der Waals surface area contributed by atoms with Gasteiger partial charge in [0, 0.05) is 18.1 Å². The van der Waals surface area contributed by atoms with Crippen LogP contribution in [-0.4, -0.2) is 39.7 Å². The lowest BCUT2D eigenvalue weighted by atomic mass is 10.1. The molecule has 2 aromatic carbocycles. The van der Waals surface area contributed by atoms with E-state index in [1.165, 1.54) is 5.56 Å². The van der Waals surface area contributed by atoms with E-state index in [2.05, 4.69) is 26.4 Å². The van der Waals surface area contributed by atoms with Gasteiger partial charge in [-0.3, -0.25) is 4.79 Å². The fraction of sp³-hybridized carbons (Fsp3) is 0.250. The number of aromatic nitrogens is 3. The van der Waals surface area contributed by atoms with Crippen LogP contribution >= 0.6 is 11.6 Å². The van der Waals surface area contributed by atoms with Crippen molar-refractivity contribution in [2.75, 3.05) is 14.1 Å². The topological polar surface area (TPSA) is 63.1 Å². The minimum Gasteiger partial charge on any atom is -0.345 e. The van der Waals surface area contributed by atoms with Crippen LogP contribution in [0.2, 0.25) is 5.02 Å². The Labute approximate surface area is 163 Å². The van der Waals surface area contributed by atoms with Crippen LogP contribution in [0.1, 0.15) is 27.6 Å². The minimum atomic E-state index is -0.300. The Morgan fingerprint density at radius 2 is 1.78 bits per heavy atom. The van der Waals surface area contributed by atoms with Crippen molar-refractivity contribution in [2.24, 2.45) is 0 Å². The first-order valence-corrected chi connectivity index (χ1v) is 9.01. The molecule has 3 aromatic rings. The van der Waals surface area contributed by atoms with Gasteiger partial charge < -0.3 is 10.2 Å². The van der Waals surface area contributed by atoms with Gasteiger partial charge in [-0.05, 0) is 56.4 Å². The molecule has 0 atom stereocenters. The molecule has 6 nitrogen and oxygen atoms in total. The third-order valence-electron chi connectivity index (χ3n) is 4.09. The predicted molar refractivity (Wildman–Crippen MR) is 106 cm³/mol. The number of rotatable bonds is 6. The molecule has 7 heteroatoms. The number of amides is 1. The van der Waals surface area contributed by atoms with Crippen molar-refractivity contribution in [3.63, 3.8) is 0 Å². The molecule has 1 heterocycles. The van der Waals surface area contributed by atoms with Gasteiger partial charge in [0.05, 0.1) is 5.69 Å². The van der Waals surface area contributed by atoms with Crippen LogP contribution in [0, 0.1) is 6.92 Å². The number of aryl methyl sites for hydroxylation is 1. The molecule has 1 aromatic heterocycles. The van der Waals surface area contributed by atoms with Crippen LogP contribution in [0.3, 0.4) is 0 Å². The number of carbonyl (C=O) groups is 1. The largest absolute Gasteiger partial charge is 0.345 e. The molecule has 0 bridgehead atoms. The molecule has 0 aliphatic heterocycles. The molecule has 0 spiro atoms. The van der Waals surface area contributed by atoms with Crippen LogP contribution in [0.4, 0.5) is 0 Å². The first kappa shape index (κ1) is 19.1. The van der Waals surface area contributed by atoms with E-state index in [-0.39, 0.29) is 11.7 Å². The van der Waals surface area contributed by atoms with E-state index in [4.69, 9.17) is 11.6 Å². The highest BCUT2D eigenvalue weighted by atomic mass is 35.5. The van der Waals surface area contributed by atoms with E-state index >= 15 is 0 Å². The van der Waals surface area contributed by atoms with Gasteiger partial charge in [0.1, 0.15) is 5.82 Å². The van der Waals surface area contributed by atoms with Crippen LogP contribution in [0.5, 0.6) is 0 Å². The maximum absolute atomic E-state index is 12.5. The molecule has 1 amide bonds. The summed E-state index contributed by atoms with van der Waals surface area (Å²) in [7, 11) is 4.04. The SMILES string of the molecule is Cc1nc(C(=O)NCc2ccccc2CN(C)C)nn1-c1ccc(Cl)cc1. The summed E-state index contributed by atoms with van der Waals surface area (Å²) in [4.78, 5) is 18.9. The van der Waals surface area contributed by atoms with Crippen LogP contribution in [0.25, 0.3) is 5.69 Å². The van der Waals surface area contributed by atoms with Crippen molar-refractivity contribution in [2.45, 2.75) is 20.0 Å². The van der Waals surface area contributed by atoms with Gasteiger partial charge in [-0.1, -0.05) is 35.9 Å². The van der Waals surface area contributed by atoms with Crippen LogP contribution in [-0.2, 0) is 13.1 Å². The number of halogens is 1. The van der Waals surface area contributed by atoms with Crippen molar-refractivity contribution < 1.29 is 4.79 Å². The molecule has 0 saturated heterocycles. The molecule has 1 N–H and O–H groups in total. The van der Waals surface area contributed by atoms with E-state index in [1.54, 1.807) is 16.8 Å². The molecule has 0 radical (unpaired) electrons. The van der Waals surface area contributed by atoms with Crippen LogP contribution in [0.15, 0.2) is 48.5 Å². The predicted octanol–water partition coefficient (Wildman–Crippen LogP) is 3.22. The summed E-state index contributed by atoms with van der Waals surface area (Å²) in [6, 6.07) is 15.3. The second-order valence-corrected chi connectivity index (χ2v) is 7.00. The second-order valence-electron chi connectivity index (χ2n) is 6.56. The highest BCUT2D eigenvalue weighted by Gasteiger charge is 2.15. The summed E-state index contributed by atoms with van der Waals surface area (Å²) >= 11 is 5.93. The molecule has 0 unspecified atom stereocenters. The molecule has 0 aliphatic rings. The van der Waals surface area contributed by atoms with Gasteiger partial charge in [0.2, 0.25) is 5.82 Å². The molecule has 3 rings (SSSR count). The summed E-state index contributed by atoms with van der Waals surface area (Å²) < 4.78 is 1.63. The lowest BCUT2D eigenvalue weighted by Gasteiger charge is -2.14. The Morgan fingerprint density at radius 3 is 2.44 bits per heavy atom. The summed E-state index contributed by atoms with van der Waals surface area (Å²) in [5, 5.41) is 7.89. The number of nitrogens with zero attached hydrogens (tertiary/aromatic N) is 4. The minimum absolute atomic E-state index is 0.146. The van der Waals surface area contributed by atoms with Gasteiger partial charge in [-0.2, -0.15) is 0 Å². The number of benzene rings is 2. The van der Waals surface area contributed by atoms with Gasteiger partial charge in [0.25, 0.3) is 5.91 Å². The van der Waals surface area contributed by atoms with E-state index in [0.717, 1.165) is 17.8 Å². The molecule has 140 valence electrons. The Kier molecular flexibility index (Phi) is 5.88. The highest BCUT2D eigenvalue weighted by Crippen LogP contribution is 2.14. The standard InChI is InChI=1S/C20H22ClN5O/c1-14-23-19(24-26(14)18-10-8-17(21)9-11-18)20(27)22-12-15-6-4-5-7-16(15)13-25(2)3/h4-11H,12-13H2,1-3H3,(H,22,27). The first-order valence-electron chi connectivity index (χ1n) is 8.63. The quantitative estimate of drug-likeness (QED) is 0.709. The van der Waals surface area contributed by atoms with Crippen LogP contribution < -0.4 is 5.32 Å². The van der Waals surface area contributed by atoms with Gasteiger partial charge >= 0.3 is 0 Å². The van der Waals surface area contributed by atoms with Gasteiger partial charge in [-0.25, -0.2) is 9.67 Å². The maximum Gasteiger partial charge on any atom is 0.291 e. The fourth-order valence-corrected chi connectivity index (χ4v) is 2.92. The fourth-order valence-electron chi connectivity index (χ4n) is 2.79. The Bertz CT molecular complexity index is 934. The molecule has 0 aliphatic carbocycles. The molecule has 27 heavy (non-hydrogen) atoms. The number of hydrogen-bond donors (Lipinski definition) is 1. The van der Waals surface area contributed by atoms with E-state index in [9.17, 15) is 4.79 Å². The van der Waals surface area contributed by atoms with E-state index in [0.29, 0.717) is 17.4 Å². The molecule has 0 saturated carbocycles. The zero-order valence-corrected chi connectivity index (χ0v) is 16.4. The number of nitrogens with one attached hydrogen (secondary N) is 1. The lowest BCUT2D eigenvalue weighted by molar-refractivity contribution is 0.0940. The third-order valence-corrected chi connectivity index (χ3v) is 4.34. The third kappa shape index (κ3) is 4.72. The molecular weight excluding hydrogens is 362 g/mol. The maximum atomic E-state index is 12.5.